The third-order valence-corrected chi connectivity index (χ3v) is 5.16. The van der Waals surface area contributed by atoms with Crippen LogP contribution in [0.4, 0.5) is 13.2 Å². The van der Waals surface area contributed by atoms with Crippen molar-refractivity contribution in [3.63, 3.8) is 0 Å². The van der Waals surface area contributed by atoms with Gasteiger partial charge in [0.1, 0.15) is 0 Å². The molecule has 1 aliphatic rings. The number of hydrogen-bond donors (Lipinski definition) is 1. The van der Waals surface area contributed by atoms with Gasteiger partial charge < -0.3 is 5.32 Å². The van der Waals surface area contributed by atoms with Gasteiger partial charge in [-0.3, -0.25) is 0 Å². The molecule has 1 nitrogen and oxygen atoms in total. The quantitative estimate of drug-likeness (QED) is 0.873. The normalized spacial score (nSPS) is 25.4. The lowest BCUT2D eigenvalue weighted by Crippen LogP contribution is -2.40. The van der Waals surface area contributed by atoms with Gasteiger partial charge in [0, 0.05) is 17.3 Å². The van der Waals surface area contributed by atoms with Crippen LogP contribution in [0.15, 0.2) is 24.3 Å². The zero-order valence-corrected chi connectivity index (χ0v) is 12.5. The number of rotatable bonds is 3. The van der Waals surface area contributed by atoms with Crippen molar-refractivity contribution >= 4 is 11.8 Å². The van der Waals surface area contributed by atoms with E-state index in [2.05, 4.69) is 12.2 Å². The molecule has 20 heavy (non-hydrogen) atoms. The molecule has 3 unspecified atom stereocenters. The average Bonchev–Trinajstić information content (AvgIpc) is 2.40. The molecule has 112 valence electrons. The maximum atomic E-state index is 12.7. The van der Waals surface area contributed by atoms with E-state index in [0.29, 0.717) is 16.9 Å². The number of nitrogens with one attached hydrogen (secondary N) is 1. The minimum absolute atomic E-state index is 0.0663. The van der Waals surface area contributed by atoms with Gasteiger partial charge >= 0.3 is 6.18 Å². The van der Waals surface area contributed by atoms with E-state index in [0.717, 1.165) is 12.5 Å². The van der Waals surface area contributed by atoms with Gasteiger partial charge in [-0.1, -0.05) is 19.1 Å². The molecule has 3 atom stereocenters. The molecule has 0 aliphatic carbocycles. The minimum atomic E-state index is -4.27. The summed E-state index contributed by atoms with van der Waals surface area (Å²) in [5.74, 6) is 1.18. The van der Waals surface area contributed by atoms with Gasteiger partial charge in [-0.2, -0.15) is 24.9 Å². The smallest absolute Gasteiger partial charge is 0.306 e. The van der Waals surface area contributed by atoms with Crippen LogP contribution in [0.1, 0.15) is 43.9 Å². The second-order valence-corrected chi connectivity index (χ2v) is 6.82. The van der Waals surface area contributed by atoms with E-state index in [1.807, 2.05) is 18.7 Å². The molecule has 5 heteroatoms. The van der Waals surface area contributed by atoms with Crippen LogP contribution >= 0.6 is 11.8 Å². The highest BCUT2D eigenvalue weighted by molar-refractivity contribution is 7.99. The van der Waals surface area contributed by atoms with Crippen LogP contribution in [0, 0.1) is 0 Å². The summed E-state index contributed by atoms with van der Waals surface area (Å²) >= 11 is 1.93. The first kappa shape index (κ1) is 15.7. The predicted molar refractivity (Wildman–Crippen MR) is 77.9 cm³/mol. The highest BCUT2D eigenvalue weighted by atomic mass is 32.2. The Morgan fingerprint density at radius 2 is 2.10 bits per heavy atom. The van der Waals surface area contributed by atoms with Crippen LogP contribution in [0.3, 0.4) is 0 Å². The Bertz CT molecular complexity index is 447. The van der Waals surface area contributed by atoms with Crippen LogP contribution < -0.4 is 5.32 Å². The first-order valence-electron chi connectivity index (χ1n) is 6.92. The van der Waals surface area contributed by atoms with Gasteiger partial charge in [0.05, 0.1) is 5.56 Å². The molecule has 1 saturated heterocycles. The molecule has 1 heterocycles. The van der Waals surface area contributed by atoms with Crippen LogP contribution in [0.2, 0.25) is 0 Å². The molecule has 0 radical (unpaired) electrons. The second kappa shape index (κ2) is 6.39. The highest BCUT2D eigenvalue weighted by Crippen LogP contribution is 2.31. The fraction of sp³-hybridized carbons (Fsp3) is 0.600. The Balaban J connectivity index is 2.07. The molecule has 0 aromatic heterocycles. The van der Waals surface area contributed by atoms with Crippen molar-refractivity contribution in [2.75, 3.05) is 5.75 Å². The molecule has 1 aromatic carbocycles. The predicted octanol–water partition coefficient (Wildman–Crippen LogP) is 4.64. The van der Waals surface area contributed by atoms with Crippen molar-refractivity contribution in [1.29, 1.82) is 0 Å². The van der Waals surface area contributed by atoms with Crippen LogP contribution in [-0.4, -0.2) is 17.0 Å². The SMILES string of the molecule is CC(NC1CCCSC1C)c1cccc(C(F)(F)F)c1. The number of benzene rings is 1. The van der Waals surface area contributed by atoms with Crippen molar-refractivity contribution in [2.45, 2.75) is 50.2 Å². The highest BCUT2D eigenvalue weighted by Gasteiger charge is 2.31. The molecule has 0 bridgehead atoms. The summed E-state index contributed by atoms with van der Waals surface area (Å²) in [6.07, 6.45) is -2.01. The van der Waals surface area contributed by atoms with Crippen molar-refractivity contribution in [3.8, 4) is 0 Å². The second-order valence-electron chi connectivity index (χ2n) is 5.34. The molecule has 1 N–H and O–H groups in total. The van der Waals surface area contributed by atoms with Crippen molar-refractivity contribution in [3.05, 3.63) is 35.4 Å². The Morgan fingerprint density at radius 1 is 1.35 bits per heavy atom. The standard InChI is InChI=1S/C15H20F3NS/c1-10(19-14-7-4-8-20-11(14)2)12-5-3-6-13(9-12)15(16,17)18/h3,5-6,9-11,14,19H,4,7-8H2,1-2H3. The third-order valence-electron chi connectivity index (χ3n) is 3.78. The molecule has 0 amide bonds. The van der Waals surface area contributed by atoms with E-state index in [4.69, 9.17) is 0 Å². The van der Waals surface area contributed by atoms with Crippen LogP contribution in [0.5, 0.6) is 0 Å². The number of thioether (sulfide) groups is 1. The summed E-state index contributed by atoms with van der Waals surface area (Å²) in [6.45, 7) is 4.11. The zero-order valence-electron chi connectivity index (χ0n) is 11.7. The van der Waals surface area contributed by atoms with Crippen molar-refractivity contribution in [1.82, 2.24) is 5.32 Å². The van der Waals surface area contributed by atoms with E-state index in [1.54, 1.807) is 6.07 Å². The molecular weight excluding hydrogens is 283 g/mol. The van der Waals surface area contributed by atoms with Crippen LogP contribution in [0.25, 0.3) is 0 Å². The average molecular weight is 303 g/mol. The summed E-state index contributed by atoms with van der Waals surface area (Å²) in [5.41, 5.74) is 0.123. The Labute approximate surface area is 122 Å². The summed E-state index contributed by atoms with van der Waals surface area (Å²) in [6, 6.07) is 5.91. The van der Waals surface area contributed by atoms with Gasteiger partial charge in [0.25, 0.3) is 0 Å². The Hall–Kier alpha value is -0.680. The third kappa shape index (κ3) is 3.92. The minimum Gasteiger partial charge on any atom is -0.306 e. The molecular formula is C15H20F3NS. The number of hydrogen-bond acceptors (Lipinski definition) is 2. The topological polar surface area (TPSA) is 12.0 Å². The number of halogens is 3. The Morgan fingerprint density at radius 3 is 2.75 bits per heavy atom. The lowest BCUT2D eigenvalue weighted by Gasteiger charge is -2.32. The molecule has 0 saturated carbocycles. The van der Waals surface area contributed by atoms with E-state index in [9.17, 15) is 13.2 Å². The summed E-state index contributed by atoms with van der Waals surface area (Å²) in [5, 5.41) is 3.99. The molecule has 1 fully saturated rings. The maximum Gasteiger partial charge on any atom is 0.416 e. The van der Waals surface area contributed by atoms with E-state index in [-0.39, 0.29) is 6.04 Å². The first-order valence-corrected chi connectivity index (χ1v) is 7.97. The van der Waals surface area contributed by atoms with E-state index in [1.165, 1.54) is 24.3 Å². The van der Waals surface area contributed by atoms with Crippen molar-refractivity contribution < 1.29 is 13.2 Å². The van der Waals surface area contributed by atoms with E-state index < -0.39 is 11.7 Å². The summed E-state index contributed by atoms with van der Waals surface area (Å²) < 4.78 is 38.2. The lowest BCUT2D eigenvalue weighted by atomic mass is 10.0. The summed E-state index contributed by atoms with van der Waals surface area (Å²) in [7, 11) is 0. The molecule has 0 spiro atoms. The van der Waals surface area contributed by atoms with Crippen molar-refractivity contribution in [2.24, 2.45) is 0 Å². The van der Waals surface area contributed by atoms with Gasteiger partial charge in [-0.15, -0.1) is 0 Å². The molecule has 1 aromatic rings. The van der Waals surface area contributed by atoms with Gasteiger partial charge in [0.2, 0.25) is 0 Å². The summed E-state index contributed by atoms with van der Waals surface area (Å²) in [4.78, 5) is 0. The fourth-order valence-corrected chi connectivity index (χ4v) is 3.70. The Kier molecular flexibility index (Phi) is 5.02. The molecule has 1 aliphatic heterocycles. The van der Waals surface area contributed by atoms with Crippen LogP contribution in [-0.2, 0) is 6.18 Å². The molecule has 2 rings (SSSR count). The first-order chi connectivity index (χ1) is 9.38. The lowest BCUT2D eigenvalue weighted by molar-refractivity contribution is -0.137. The van der Waals surface area contributed by atoms with E-state index >= 15 is 0 Å². The van der Waals surface area contributed by atoms with Gasteiger partial charge in [-0.25, -0.2) is 0 Å². The fourth-order valence-electron chi connectivity index (χ4n) is 2.54. The van der Waals surface area contributed by atoms with Gasteiger partial charge in [0.15, 0.2) is 0 Å². The monoisotopic (exact) mass is 303 g/mol. The number of alkyl halides is 3. The zero-order chi connectivity index (χ0) is 14.8. The maximum absolute atomic E-state index is 12.7. The van der Waals surface area contributed by atoms with Gasteiger partial charge in [-0.05, 0) is 43.2 Å². The largest absolute Gasteiger partial charge is 0.416 e.